The van der Waals surface area contributed by atoms with Gasteiger partial charge in [0.15, 0.2) is 0 Å². The average molecular weight is 312 g/mol. The largest absolute Gasteiger partial charge is 0.478 e. The summed E-state index contributed by atoms with van der Waals surface area (Å²) in [5, 5.41) is 12.3. The molecule has 0 radical (unpaired) electrons. The van der Waals surface area contributed by atoms with Crippen LogP contribution in [0.2, 0.25) is 0 Å². The van der Waals surface area contributed by atoms with Gasteiger partial charge in [0.1, 0.15) is 0 Å². The van der Waals surface area contributed by atoms with Gasteiger partial charge in [-0.2, -0.15) is 0 Å². The van der Waals surface area contributed by atoms with Crippen molar-refractivity contribution in [3.8, 4) is 5.88 Å². The molecule has 0 aliphatic heterocycles. The third-order valence-corrected chi connectivity index (χ3v) is 2.68. The first-order chi connectivity index (χ1) is 10.7. The van der Waals surface area contributed by atoms with Crippen molar-refractivity contribution in [2.24, 2.45) is 0 Å². The molecule has 1 heterocycles. The molecule has 1 atom stereocenters. The van der Waals surface area contributed by atoms with Crippen LogP contribution in [-0.2, 0) is 9.47 Å². The van der Waals surface area contributed by atoms with Gasteiger partial charge in [-0.1, -0.05) is 0 Å². The summed E-state index contributed by atoms with van der Waals surface area (Å²) < 4.78 is 15.5. The van der Waals surface area contributed by atoms with Crippen LogP contribution in [0, 0.1) is 0 Å². The molecule has 22 heavy (non-hydrogen) atoms. The van der Waals surface area contributed by atoms with E-state index in [-0.39, 0.29) is 19.1 Å². The van der Waals surface area contributed by atoms with Crippen LogP contribution in [-0.4, -0.2) is 61.7 Å². The Morgan fingerprint density at radius 2 is 2.05 bits per heavy atom. The average Bonchev–Trinajstić information content (AvgIpc) is 2.53. The van der Waals surface area contributed by atoms with Gasteiger partial charge in [-0.3, -0.25) is 4.79 Å². The van der Waals surface area contributed by atoms with E-state index in [1.807, 2.05) is 13.8 Å². The summed E-state index contributed by atoms with van der Waals surface area (Å²) in [6, 6.07) is 3.25. The van der Waals surface area contributed by atoms with Gasteiger partial charge in [0, 0.05) is 25.4 Å². The highest BCUT2D eigenvalue weighted by molar-refractivity contribution is 5.93. The number of aromatic nitrogens is 1. The van der Waals surface area contributed by atoms with Crippen molar-refractivity contribution in [2.45, 2.75) is 20.0 Å². The lowest BCUT2D eigenvalue weighted by Gasteiger charge is -2.12. The highest BCUT2D eigenvalue weighted by atomic mass is 16.5. The predicted molar refractivity (Wildman–Crippen MR) is 81.1 cm³/mol. The maximum Gasteiger partial charge on any atom is 0.252 e. The first-order valence-corrected chi connectivity index (χ1v) is 7.38. The quantitative estimate of drug-likeness (QED) is 0.582. The first-order valence-electron chi connectivity index (χ1n) is 7.38. The zero-order chi connectivity index (χ0) is 16.2. The van der Waals surface area contributed by atoms with Crippen molar-refractivity contribution < 1.29 is 24.1 Å². The molecule has 0 fully saturated rings. The Morgan fingerprint density at radius 1 is 1.27 bits per heavy atom. The summed E-state index contributed by atoms with van der Waals surface area (Å²) in [6.07, 6.45) is 0.673. The number of hydrogen-bond acceptors (Lipinski definition) is 6. The van der Waals surface area contributed by atoms with Gasteiger partial charge in [-0.15, -0.1) is 0 Å². The van der Waals surface area contributed by atoms with Gasteiger partial charge < -0.3 is 24.6 Å². The minimum absolute atomic E-state index is 0.112. The van der Waals surface area contributed by atoms with Crippen molar-refractivity contribution >= 4 is 5.91 Å². The van der Waals surface area contributed by atoms with E-state index in [1.54, 1.807) is 12.1 Å². The van der Waals surface area contributed by atoms with Crippen LogP contribution >= 0.6 is 0 Å². The SMILES string of the molecule is CCOCCOC[C@@H](O)CNC(=O)c1ccc(OCC)nc1. The highest BCUT2D eigenvalue weighted by Crippen LogP contribution is 2.07. The topological polar surface area (TPSA) is 89.9 Å². The van der Waals surface area contributed by atoms with Crippen LogP contribution in [0.3, 0.4) is 0 Å². The molecule has 0 saturated heterocycles. The Kier molecular flexibility index (Phi) is 9.13. The molecule has 0 aliphatic carbocycles. The molecule has 124 valence electrons. The second-order valence-electron chi connectivity index (χ2n) is 4.45. The van der Waals surface area contributed by atoms with Crippen molar-refractivity contribution in [3.63, 3.8) is 0 Å². The Labute approximate surface area is 130 Å². The van der Waals surface area contributed by atoms with Crippen LogP contribution < -0.4 is 10.1 Å². The number of carbonyl (C=O) groups is 1. The van der Waals surface area contributed by atoms with E-state index in [0.29, 0.717) is 37.9 Å². The Balaban J connectivity index is 2.24. The molecular formula is C15H24N2O5. The Hall–Kier alpha value is -1.70. The van der Waals surface area contributed by atoms with Crippen LogP contribution in [0.25, 0.3) is 0 Å². The maximum absolute atomic E-state index is 11.9. The predicted octanol–water partition coefficient (Wildman–Crippen LogP) is 0.624. The highest BCUT2D eigenvalue weighted by Gasteiger charge is 2.10. The zero-order valence-electron chi connectivity index (χ0n) is 13.1. The molecule has 0 spiro atoms. The standard InChI is InChI=1S/C15H24N2O5/c1-3-20-7-8-21-11-13(18)10-17-15(19)12-5-6-14(16-9-12)22-4-2/h5-6,9,13,18H,3-4,7-8,10-11H2,1-2H3,(H,17,19)/t13-/m0/s1. The summed E-state index contributed by atoms with van der Waals surface area (Å²) in [7, 11) is 0. The summed E-state index contributed by atoms with van der Waals surface area (Å²) in [6.45, 7) is 6.09. The number of carbonyl (C=O) groups excluding carboxylic acids is 1. The fraction of sp³-hybridized carbons (Fsp3) is 0.600. The van der Waals surface area contributed by atoms with Crippen molar-refractivity contribution in [1.29, 1.82) is 0 Å². The monoisotopic (exact) mass is 312 g/mol. The fourth-order valence-corrected chi connectivity index (χ4v) is 1.60. The lowest BCUT2D eigenvalue weighted by atomic mass is 10.2. The van der Waals surface area contributed by atoms with Crippen molar-refractivity contribution in [3.05, 3.63) is 23.9 Å². The molecule has 0 saturated carbocycles. The van der Waals surface area contributed by atoms with Crippen LogP contribution in [0.5, 0.6) is 5.88 Å². The summed E-state index contributed by atoms with van der Waals surface area (Å²) in [4.78, 5) is 15.9. The molecule has 0 bridgehead atoms. The van der Waals surface area contributed by atoms with E-state index in [1.165, 1.54) is 6.20 Å². The van der Waals surface area contributed by atoms with E-state index in [2.05, 4.69) is 10.3 Å². The van der Waals surface area contributed by atoms with E-state index in [9.17, 15) is 9.90 Å². The molecule has 0 aliphatic rings. The second-order valence-corrected chi connectivity index (χ2v) is 4.45. The van der Waals surface area contributed by atoms with E-state index in [0.717, 1.165) is 0 Å². The molecule has 2 N–H and O–H groups in total. The lowest BCUT2D eigenvalue weighted by Crippen LogP contribution is -2.34. The summed E-state index contributed by atoms with van der Waals surface area (Å²) in [5.74, 6) is 0.172. The molecule has 0 unspecified atom stereocenters. The third-order valence-electron chi connectivity index (χ3n) is 2.68. The number of aliphatic hydroxyl groups is 1. The number of hydrogen-bond donors (Lipinski definition) is 2. The molecular weight excluding hydrogens is 288 g/mol. The minimum Gasteiger partial charge on any atom is -0.478 e. The van der Waals surface area contributed by atoms with Gasteiger partial charge in [-0.25, -0.2) is 4.98 Å². The van der Waals surface area contributed by atoms with Crippen LogP contribution in [0.1, 0.15) is 24.2 Å². The molecule has 7 nitrogen and oxygen atoms in total. The lowest BCUT2D eigenvalue weighted by molar-refractivity contribution is 0.00663. The molecule has 1 aromatic heterocycles. The van der Waals surface area contributed by atoms with Gasteiger partial charge >= 0.3 is 0 Å². The Bertz CT molecular complexity index is 424. The second kappa shape index (κ2) is 10.9. The van der Waals surface area contributed by atoms with Crippen molar-refractivity contribution in [2.75, 3.05) is 39.6 Å². The number of aliphatic hydroxyl groups excluding tert-OH is 1. The van der Waals surface area contributed by atoms with Gasteiger partial charge in [0.05, 0.1) is 38.1 Å². The van der Waals surface area contributed by atoms with Crippen LogP contribution in [0.15, 0.2) is 18.3 Å². The number of amides is 1. The summed E-state index contributed by atoms with van der Waals surface area (Å²) in [5.41, 5.74) is 0.410. The number of rotatable bonds is 11. The molecule has 7 heteroatoms. The third kappa shape index (κ3) is 7.35. The molecule has 1 aromatic rings. The van der Waals surface area contributed by atoms with E-state index >= 15 is 0 Å². The normalized spacial score (nSPS) is 12.0. The number of pyridine rings is 1. The molecule has 1 rings (SSSR count). The maximum atomic E-state index is 11.9. The molecule has 1 amide bonds. The van der Waals surface area contributed by atoms with Crippen molar-refractivity contribution in [1.82, 2.24) is 10.3 Å². The first kappa shape index (κ1) is 18.3. The van der Waals surface area contributed by atoms with Gasteiger partial charge in [-0.05, 0) is 19.9 Å². The smallest absolute Gasteiger partial charge is 0.252 e. The van der Waals surface area contributed by atoms with Gasteiger partial charge in [0.25, 0.3) is 5.91 Å². The van der Waals surface area contributed by atoms with Crippen LogP contribution in [0.4, 0.5) is 0 Å². The summed E-state index contributed by atoms with van der Waals surface area (Å²) >= 11 is 0. The number of nitrogens with one attached hydrogen (secondary N) is 1. The molecule has 0 aromatic carbocycles. The van der Waals surface area contributed by atoms with Gasteiger partial charge in [0.2, 0.25) is 5.88 Å². The number of nitrogens with zero attached hydrogens (tertiary/aromatic N) is 1. The minimum atomic E-state index is -0.763. The van der Waals surface area contributed by atoms with E-state index < -0.39 is 6.10 Å². The number of ether oxygens (including phenoxy) is 3. The zero-order valence-corrected chi connectivity index (χ0v) is 13.1. The Morgan fingerprint density at radius 3 is 2.68 bits per heavy atom. The van der Waals surface area contributed by atoms with E-state index in [4.69, 9.17) is 14.2 Å². The fourth-order valence-electron chi connectivity index (χ4n) is 1.60.